The summed E-state index contributed by atoms with van der Waals surface area (Å²) in [7, 11) is 0. The fourth-order valence-electron chi connectivity index (χ4n) is 1.96. The highest BCUT2D eigenvalue weighted by Gasteiger charge is 2.05. The Morgan fingerprint density at radius 1 is 1.19 bits per heavy atom. The first-order valence-corrected chi connectivity index (χ1v) is 5.69. The minimum atomic E-state index is 0.245. The molecule has 0 radical (unpaired) electrons. The predicted molar refractivity (Wildman–Crippen MR) is 70.6 cm³/mol. The molecule has 1 heteroatoms. The summed E-state index contributed by atoms with van der Waals surface area (Å²) in [6.07, 6.45) is 1.95. The summed E-state index contributed by atoms with van der Waals surface area (Å²) in [6, 6.07) is 15.2. The van der Waals surface area contributed by atoms with E-state index in [0.29, 0.717) is 0 Å². The maximum atomic E-state index is 3.87. The molecule has 0 aliphatic rings. The molecule has 0 aliphatic carbocycles. The van der Waals surface area contributed by atoms with Crippen molar-refractivity contribution < 1.29 is 0 Å². The fraction of sp³-hybridized carbons (Fsp3) is 0.200. The Hall–Kier alpha value is -1.60. The van der Waals surface area contributed by atoms with Crippen LogP contribution >= 0.6 is 0 Å². The number of hydrogen-bond donors (Lipinski definition) is 1. The number of likely N-dealkylation sites (N-methyl/N-ethyl adjacent to an activating group) is 1. The van der Waals surface area contributed by atoms with Crippen molar-refractivity contribution in [3.05, 3.63) is 60.7 Å². The zero-order valence-electron chi connectivity index (χ0n) is 9.61. The molecule has 1 unspecified atom stereocenters. The SMILES string of the molecule is C=CC(NCC)c1ccc2ccccc2c1. The van der Waals surface area contributed by atoms with Gasteiger partial charge >= 0.3 is 0 Å². The number of hydrogen-bond acceptors (Lipinski definition) is 1. The third kappa shape index (κ3) is 2.15. The molecule has 2 aromatic carbocycles. The molecule has 0 aliphatic heterocycles. The van der Waals surface area contributed by atoms with Crippen LogP contribution in [0.5, 0.6) is 0 Å². The van der Waals surface area contributed by atoms with E-state index >= 15 is 0 Å². The molecule has 0 saturated heterocycles. The van der Waals surface area contributed by atoms with Gasteiger partial charge in [0.2, 0.25) is 0 Å². The summed E-state index contributed by atoms with van der Waals surface area (Å²) in [6.45, 7) is 6.93. The molecule has 16 heavy (non-hydrogen) atoms. The van der Waals surface area contributed by atoms with Crippen LogP contribution in [0.4, 0.5) is 0 Å². The first-order valence-electron chi connectivity index (χ1n) is 5.69. The second kappa shape index (κ2) is 4.95. The highest BCUT2D eigenvalue weighted by atomic mass is 14.9. The summed E-state index contributed by atoms with van der Waals surface area (Å²) >= 11 is 0. The summed E-state index contributed by atoms with van der Waals surface area (Å²) < 4.78 is 0. The van der Waals surface area contributed by atoms with Gasteiger partial charge in [0.05, 0.1) is 6.04 Å². The first-order chi connectivity index (χ1) is 7.85. The minimum Gasteiger partial charge on any atom is -0.307 e. The third-order valence-electron chi connectivity index (χ3n) is 2.79. The zero-order valence-corrected chi connectivity index (χ0v) is 9.61. The molecule has 0 heterocycles. The van der Waals surface area contributed by atoms with E-state index in [1.165, 1.54) is 16.3 Å². The van der Waals surface area contributed by atoms with Gasteiger partial charge in [0.1, 0.15) is 0 Å². The smallest absolute Gasteiger partial charge is 0.0503 e. The number of benzene rings is 2. The Bertz CT molecular complexity index is 488. The number of fused-ring (bicyclic) bond motifs is 1. The lowest BCUT2D eigenvalue weighted by molar-refractivity contribution is 0.650. The van der Waals surface area contributed by atoms with Gasteiger partial charge in [-0.1, -0.05) is 49.4 Å². The molecular formula is C15H17N. The normalized spacial score (nSPS) is 12.6. The van der Waals surface area contributed by atoms with Crippen LogP contribution in [-0.2, 0) is 0 Å². The Morgan fingerprint density at radius 2 is 1.94 bits per heavy atom. The van der Waals surface area contributed by atoms with Crippen LogP contribution in [0.15, 0.2) is 55.1 Å². The molecule has 0 bridgehead atoms. The summed E-state index contributed by atoms with van der Waals surface area (Å²) in [5.41, 5.74) is 1.27. The topological polar surface area (TPSA) is 12.0 Å². The van der Waals surface area contributed by atoms with Gasteiger partial charge in [-0.2, -0.15) is 0 Å². The maximum Gasteiger partial charge on any atom is 0.0503 e. The highest BCUT2D eigenvalue weighted by Crippen LogP contribution is 2.20. The average Bonchev–Trinajstić information content (AvgIpc) is 2.35. The number of rotatable bonds is 4. The Balaban J connectivity index is 2.41. The van der Waals surface area contributed by atoms with Crippen molar-refractivity contribution in [2.45, 2.75) is 13.0 Å². The van der Waals surface area contributed by atoms with Crippen LogP contribution < -0.4 is 5.32 Å². The predicted octanol–water partition coefficient (Wildman–Crippen LogP) is 3.68. The molecule has 82 valence electrons. The van der Waals surface area contributed by atoms with Crippen LogP contribution in [-0.4, -0.2) is 6.54 Å². The van der Waals surface area contributed by atoms with E-state index in [-0.39, 0.29) is 6.04 Å². The van der Waals surface area contributed by atoms with Crippen molar-refractivity contribution in [1.29, 1.82) is 0 Å². The van der Waals surface area contributed by atoms with Gasteiger partial charge in [-0.15, -0.1) is 6.58 Å². The van der Waals surface area contributed by atoms with Gasteiger partial charge in [0.15, 0.2) is 0 Å². The van der Waals surface area contributed by atoms with E-state index in [0.717, 1.165) is 6.54 Å². The molecule has 1 atom stereocenters. The standard InChI is InChI=1S/C15H17N/c1-3-15(16-4-2)14-10-9-12-7-5-6-8-13(12)11-14/h3,5-11,15-16H,1,4H2,2H3. The van der Waals surface area contributed by atoms with E-state index in [9.17, 15) is 0 Å². The third-order valence-corrected chi connectivity index (χ3v) is 2.79. The molecule has 2 aromatic rings. The fourth-order valence-corrected chi connectivity index (χ4v) is 1.96. The molecule has 0 spiro atoms. The molecule has 1 N–H and O–H groups in total. The minimum absolute atomic E-state index is 0.245. The van der Waals surface area contributed by atoms with E-state index < -0.39 is 0 Å². The van der Waals surface area contributed by atoms with E-state index in [4.69, 9.17) is 0 Å². The summed E-state index contributed by atoms with van der Waals surface area (Å²) in [5.74, 6) is 0. The lowest BCUT2D eigenvalue weighted by atomic mass is 10.0. The maximum absolute atomic E-state index is 3.87. The zero-order chi connectivity index (χ0) is 11.4. The Kier molecular flexibility index (Phi) is 3.37. The van der Waals surface area contributed by atoms with Crippen molar-refractivity contribution in [1.82, 2.24) is 5.32 Å². The Labute approximate surface area is 96.8 Å². The quantitative estimate of drug-likeness (QED) is 0.761. The van der Waals surface area contributed by atoms with Crippen LogP contribution in [0.1, 0.15) is 18.5 Å². The molecule has 2 rings (SSSR count). The van der Waals surface area contributed by atoms with Crippen LogP contribution in [0.25, 0.3) is 10.8 Å². The van der Waals surface area contributed by atoms with Crippen LogP contribution in [0, 0.1) is 0 Å². The van der Waals surface area contributed by atoms with Crippen molar-refractivity contribution in [2.24, 2.45) is 0 Å². The first kappa shape index (κ1) is 10.9. The second-order valence-corrected chi connectivity index (χ2v) is 3.88. The molecule has 0 fully saturated rings. The van der Waals surface area contributed by atoms with Crippen molar-refractivity contribution in [3.8, 4) is 0 Å². The Morgan fingerprint density at radius 3 is 2.62 bits per heavy atom. The van der Waals surface area contributed by atoms with Crippen LogP contribution in [0.2, 0.25) is 0 Å². The monoisotopic (exact) mass is 211 g/mol. The lowest BCUT2D eigenvalue weighted by Crippen LogP contribution is -2.18. The molecule has 0 amide bonds. The number of nitrogens with one attached hydrogen (secondary N) is 1. The molecular weight excluding hydrogens is 194 g/mol. The molecule has 0 saturated carbocycles. The lowest BCUT2D eigenvalue weighted by Gasteiger charge is -2.14. The molecule has 1 nitrogen and oxygen atoms in total. The van der Waals surface area contributed by atoms with Gasteiger partial charge in [-0.05, 0) is 28.9 Å². The van der Waals surface area contributed by atoms with E-state index in [1.54, 1.807) is 0 Å². The van der Waals surface area contributed by atoms with Crippen molar-refractivity contribution in [2.75, 3.05) is 6.54 Å². The van der Waals surface area contributed by atoms with E-state index in [1.807, 2.05) is 6.08 Å². The highest BCUT2D eigenvalue weighted by molar-refractivity contribution is 5.83. The van der Waals surface area contributed by atoms with Gasteiger partial charge in [-0.3, -0.25) is 0 Å². The van der Waals surface area contributed by atoms with Gasteiger partial charge < -0.3 is 5.32 Å². The van der Waals surface area contributed by atoms with E-state index in [2.05, 4.69) is 61.3 Å². The largest absolute Gasteiger partial charge is 0.307 e. The summed E-state index contributed by atoms with van der Waals surface area (Å²) in [4.78, 5) is 0. The molecule has 0 aromatic heterocycles. The van der Waals surface area contributed by atoms with Crippen molar-refractivity contribution in [3.63, 3.8) is 0 Å². The van der Waals surface area contributed by atoms with Gasteiger partial charge in [0.25, 0.3) is 0 Å². The second-order valence-electron chi connectivity index (χ2n) is 3.88. The van der Waals surface area contributed by atoms with Crippen LogP contribution in [0.3, 0.4) is 0 Å². The van der Waals surface area contributed by atoms with Gasteiger partial charge in [0, 0.05) is 0 Å². The average molecular weight is 211 g/mol. The van der Waals surface area contributed by atoms with Gasteiger partial charge in [-0.25, -0.2) is 0 Å². The van der Waals surface area contributed by atoms with Crippen molar-refractivity contribution >= 4 is 10.8 Å². The summed E-state index contributed by atoms with van der Waals surface area (Å²) in [5, 5.41) is 5.96.